The number of benzene rings is 2. The number of hydrogen-bond acceptors (Lipinski definition) is 1. The van der Waals surface area contributed by atoms with Gasteiger partial charge in [-0.15, -0.1) is 0 Å². The van der Waals surface area contributed by atoms with E-state index >= 15 is 0 Å². The Morgan fingerprint density at radius 2 is 1.82 bits per heavy atom. The molecule has 1 atom stereocenters. The summed E-state index contributed by atoms with van der Waals surface area (Å²) >= 11 is 5.95. The lowest BCUT2D eigenvalue weighted by Crippen LogP contribution is -2.03. The molecule has 2 aromatic rings. The van der Waals surface area contributed by atoms with Crippen LogP contribution in [0, 0.1) is 6.92 Å². The van der Waals surface area contributed by atoms with Crippen LogP contribution in [0.5, 0.6) is 0 Å². The first-order chi connectivity index (χ1) is 8.16. The van der Waals surface area contributed by atoms with Crippen LogP contribution in [-0.2, 0) is 6.42 Å². The Morgan fingerprint density at radius 1 is 1.12 bits per heavy atom. The molecule has 0 fully saturated rings. The summed E-state index contributed by atoms with van der Waals surface area (Å²) in [7, 11) is 0. The Labute approximate surface area is 107 Å². The van der Waals surface area contributed by atoms with E-state index in [2.05, 4.69) is 0 Å². The molecule has 2 rings (SSSR count). The average Bonchev–Trinajstić information content (AvgIpc) is 2.33. The molecule has 1 nitrogen and oxygen atoms in total. The zero-order valence-electron chi connectivity index (χ0n) is 9.73. The van der Waals surface area contributed by atoms with Gasteiger partial charge in [0.25, 0.3) is 0 Å². The van der Waals surface area contributed by atoms with E-state index in [9.17, 15) is 5.11 Å². The van der Waals surface area contributed by atoms with E-state index in [1.165, 1.54) is 0 Å². The van der Waals surface area contributed by atoms with Gasteiger partial charge in [0.15, 0.2) is 0 Å². The second-order valence-electron chi connectivity index (χ2n) is 4.21. The van der Waals surface area contributed by atoms with Crippen LogP contribution in [0.3, 0.4) is 0 Å². The third-order valence-corrected chi connectivity index (χ3v) is 3.11. The zero-order chi connectivity index (χ0) is 12.3. The highest BCUT2D eigenvalue weighted by Gasteiger charge is 2.11. The van der Waals surface area contributed by atoms with E-state index in [1.807, 2.05) is 55.5 Å². The zero-order valence-corrected chi connectivity index (χ0v) is 10.5. The Balaban J connectivity index is 2.20. The molecule has 0 saturated heterocycles. The summed E-state index contributed by atoms with van der Waals surface area (Å²) < 4.78 is 0. The van der Waals surface area contributed by atoms with Crippen molar-refractivity contribution in [2.24, 2.45) is 0 Å². The van der Waals surface area contributed by atoms with Crippen molar-refractivity contribution in [3.63, 3.8) is 0 Å². The molecular formula is C15H15ClO. The van der Waals surface area contributed by atoms with Gasteiger partial charge in [-0.2, -0.15) is 0 Å². The van der Waals surface area contributed by atoms with Gasteiger partial charge >= 0.3 is 0 Å². The van der Waals surface area contributed by atoms with Crippen LogP contribution in [0.4, 0.5) is 0 Å². The highest BCUT2D eigenvalue weighted by Crippen LogP contribution is 2.24. The molecule has 2 heteroatoms. The Bertz CT molecular complexity index is 494. The molecule has 0 radical (unpaired) electrons. The lowest BCUT2D eigenvalue weighted by Gasteiger charge is -2.14. The van der Waals surface area contributed by atoms with E-state index in [1.54, 1.807) is 0 Å². The quantitative estimate of drug-likeness (QED) is 0.870. The predicted octanol–water partition coefficient (Wildman–Crippen LogP) is 3.92. The number of aryl methyl sites for hydroxylation is 1. The SMILES string of the molecule is Cc1ccc(Cl)cc1C(O)Cc1ccccc1. The molecule has 0 saturated carbocycles. The van der Waals surface area contributed by atoms with Gasteiger partial charge in [0.05, 0.1) is 6.10 Å². The molecule has 88 valence electrons. The monoisotopic (exact) mass is 246 g/mol. The van der Waals surface area contributed by atoms with Gasteiger partial charge in [0, 0.05) is 11.4 Å². The molecule has 0 amide bonds. The molecule has 0 aliphatic carbocycles. The second-order valence-corrected chi connectivity index (χ2v) is 4.64. The molecule has 17 heavy (non-hydrogen) atoms. The summed E-state index contributed by atoms with van der Waals surface area (Å²) in [6.07, 6.45) is 0.110. The minimum absolute atomic E-state index is 0.504. The van der Waals surface area contributed by atoms with Crippen LogP contribution in [0.25, 0.3) is 0 Å². The van der Waals surface area contributed by atoms with Crippen molar-refractivity contribution in [3.05, 3.63) is 70.2 Å². The first-order valence-corrected chi connectivity index (χ1v) is 6.02. The largest absolute Gasteiger partial charge is 0.388 e. The summed E-state index contributed by atoms with van der Waals surface area (Å²) in [6, 6.07) is 15.6. The fourth-order valence-electron chi connectivity index (χ4n) is 1.92. The van der Waals surface area contributed by atoms with Crippen molar-refractivity contribution in [2.75, 3.05) is 0 Å². The van der Waals surface area contributed by atoms with Gasteiger partial charge in [-0.1, -0.05) is 48.0 Å². The Hall–Kier alpha value is -1.31. The fraction of sp³-hybridized carbons (Fsp3) is 0.200. The van der Waals surface area contributed by atoms with Crippen molar-refractivity contribution in [3.8, 4) is 0 Å². The standard InChI is InChI=1S/C15H15ClO/c1-11-7-8-13(16)10-14(11)15(17)9-12-5-3-2-4-6-12/h2-8,10,15,17H,9H2,1H3. The summed E-state index contributed by atoms with van der Waals surface area (Å²) in [5.74, 6) is 0. The summed E-state index contributed by atoms with van der Waals surface area (Å²) in [4.78, 5) is 0. The molecule has 0 spiro atoms. The first-order valence-electron chi connectivity index (χ1n) is 5.65. The van der Waals surface area contributed by atoms with E-state index in [0.29, 0.717) is 11.4 Å². The van der Waals surface area contributed by atoms with Crippen LogP contribution >= 0.6 is 11.6 Å². The van der Waals surface area contributed by atoms with Crippen LogP contribution in [-0.4, -0.2) is 5.11 Å². The van der Waals surface area contributed by atoms with Gasteiger partial charge in [0.1, 0.15) is 0 Å². The normalized spacial score (nSPS) is 12.4. The van der Waals surface area contributed by atoms with Crippen molar-refractivity contribution in [1.82, 2.24) is 0 Å². The number of aliphatic hydroxyl groups is 1. The van der Waals surface area contributed by atoms with Crippen molar-refractivity contribution < 1.29 is 5.11 Å². The van der Waals surface area contributed by atoms with E-state index in [-0.39, 0.29) is 0 Å². The maximum atomic E-state index is 10.2. The van der Waals surface area contributed by atoms with Crippen LogP contribution in [0.2, 0.25) is 5.02 Å². The molecule has 0 heterocycles. The van der Waals surface area contributed by atoms with Gasteiger partial charge in [-0.25, -0.2) is 0 Å². The third kappa shape index (κ3) is 3.09. The van der Waals surface area contributed by atoms with E-state index in [0.717, 1.165) is 16.7 Å². The Kier molecular flexibility index (Phi) is 3.82. The number of halogens is 1. The van der Waals surface area contributed by atoms with Gasteiger partial charge < -0.3 is 5.11 Å². The third-order valence-electron chi connectivity index (χ3n) is 2.87. The molecule has 0 aliphatic rings. The van der Waals surface area contributed by atoms with Gasteiger partial charge in [-0.3, -0.25) is 0 Å². The van der Waals surface area contributed by atoms with E-state index < -0.39 is 6.10 Å². The average molecular weight is 247 g/mol. The number of aliphatic hydroxyl groups excluding tert-OH is 1. The highest BCUT2D eigenvalue weighted by atomic mass is 35.5. The summed E-state index contributed by atoms with van der Waals surface area (Å²) in [5.41, 5.74) is 3.10. The lowest BCUT2D eigenvalue weighted by atomic mass is 9.98. The summed E-state index contributed by atoms with van der Waals surface area (Å²) in [5, 5.41) is 10.9. The maximum Gasteiger partial charge on any atom is 0.0833 e. The minimum Gasteiger partial charge on any atom is -0.388 e. The molecular weight excluding hydrogens is 232 g/mol. The molecule has 0 aliphatic heterocycles. The highest BCUT2D eigenvalue weighted by molar-refractivity contribution is 6.30. The predicted molar refractivity (Wildman–Crippen MR) is 71.3 cm³/mol. The fourth-order valence-corrected chi connectivity index (χ4v) is 2.10. The van der Waals surface area contributed by atoms with Crippen molar-refractivity contribution >= 4 is 11.6 Å². The number of rotatable bonds is 3. The van der Waals surface area contributed by atoms with Crippen molar-refractivity contribution in [2.45, 2.75) is 19.4 Å². The smallest absolute Gasteiger partial charge is 0.0833 e. The van der Waals surface area contributed by atoms with Crippen LogP contribution in [0.1, 0.15) is 22.8 Å². The second kappa shape index (κ2) is 5.35. The lowest BCUT2D eigenvalue weighted by molar-refractivity contribution is 0.178. The Morgan fingerprint density at radius 3 is 2.53 bits per heavy atom. The van der Waals surface area contributed by atoms with Crippen LogP contribution in [0.15, 0.2) is 48.5 Å². The molecule has 2 aromatic carbocycles. The van der Waals surface area contributed by atoms with Crippen molar-refractivity contribution in [1.29, 1.82) is 0 Å². The molecule has 1 N–H and O–H groups in total. The minimum atomic E-state index is -0.504. The molecule has 1 unspecified atom stereocenters. The van der Waals surface area contributed by atoms with E-state index in [4.69, 9.17) is 11.6 Å². The van der Waals surface area contributed by atoms with Gasteiger partial charge in [-0.05, 0) is 35.7 Å². The topological polar surface area (TPSA) is 20.2 Å². The molecule has 0 bridgehead atoms. The van der Waals surface area contributed by atoms with Crippen LogP contribution < -0.4 is 0 Å². The maximum absolute atomic E-state index is 10.2. The van der Waals surface area contributed by atoms with Gasteiger partial charge in [0.2, 0.25) is 0 Å². The number of hydrogen-bond donors (Lipinski definition) is 1. The summed E-state index contributed by atoms with van der Waals surface area (Å²) in [6.45, 7) is 1.99. The first kappa shape index (κ1) is 12.2. The molecule has 0 aromatic heterocycles.